The average molecular weight is 159 g/mol. The number of aromatic nitrogens is 2. The zero-order valence-corrected chi connectivity index (χ0v) is 6.30. The van der Waals surface area contributed by atoms with E-state index in [9.17, 15) is 4.39 Å². The fourth-order valence-corrected chi connectivity index (χ4v) is 0.624. The van der Waals surface area contributed by atoms with Crippen molar-refractivity contribution in [1.82, 2.24) is 10.1 Å². The minimum absolute atomic E-state index is 0.214. The maximum Gasteiger partial charge on any atom is 0.321 e. The number of hydrogen-bond acceptors (Lipinski definition) is 4. The van der Waals surface area contributed by atoms with Crippen molar-refractivity contribution >= 4 is 6.01 Å². The maximum absolute atomic E-state index is 11.6. The molecule has 0 aliphatic heterocycles. The quantitative estimate of drug-likeness (QED) is 0.712. The second-order valence-electron chi connectivity index (χ2n) is 1.99. The number of hydrogen-bond donors (Lipinski definition) is 1. The van der Waals surface area contributed by atoms with Gasteiger partial charge in [-0.2, -0.15) is 4.98 Å². The van der Waals surface area contributed by atoms with E-state index < -0.39 is 6.67 Å². The summed E-state index contributed by atoms with van der Waals surface area (Å²) in [6.45, 7) is 1.69. The third-order valence-corrected chi connectivity index (χ3v) is 1.16. The number of rotatable bonds is 4. The van der Waals surface area contributed by atoms with Crippen LogP contribution in [0.2, 0.25) is 0 Å². The number of alkyl halides is 1. The van der Waals surface area contributed by atoms with Gasteiger partial charge in [0.15, 0.2) is 5.82 Å². The molecule has 5 heteroatoms. The first-order valence-electron chi connectivity index (χ1n) is 3.49. The van der Waals surface area contributed by atoms with Crippen LogP contribution in [0.25, 0.3) is 0 Å². The van der Waals surface area contributed by atoms with E-state index in [0.29, 0.717) is 11.8 Å². The monoisotopic (exact) mass is 159 g/mol. The molecule has 0 bridgehead atoms. The summed E-state index contributed by atoms with van der Waals surface area (Å²) in [4.78, 5) is 3.91. The predicted molar refractivity (Wildman–Crippen MR) is 38.1 cm³/mol. The predicted octanol–water partition coefficient (Wildman–Crippen LogP) is 1.01. The lowest BCUT2D eigenvalue weighted by molar-refractivity contribution is 0.419. The highest BCUT2D eigenvalue weighted by Crippen LogP contribution is 2.02. The molecule has 1 aromatic heterocycles. The molecule has 4 nitrogen and oxygen atoms in total. The number of anilines is 1. The number of nitrogens with one attached hydrogen (secondary N) is 1. The first kappa shape index (κ1) is 7.97. The maximum atomic E-state index is 11.6. The summed E-state index contributed by atoms with van der Waals surface area (Å²) in [5.74, 6) is 0.631. The first-order valence-corrected chi connectivity index (χ1v) is 3.49. The van der Waals surface area contributed by atoms with E-state index in [1.165, 1.54) is 0 Å². The smallest absolute Gasteiger partial charge is 0.321 e. The van der Waals surface area contributed by atoms with Gasteiger partial charge >= 0.3 is 6.01 Å². The molecular formula is C6H10FN3O. The van der Waals surface area contributed by atoms with Crippen molar-refractivity contribution in [3.8, 4) is 0 Å². The number of nitrogens with zero attached hydrogens (tertiary/aromatic N) is 2. The van der Waals surface area contributed by atoms with Crippen LogP contribution in [0.4, 0.5) is 10.4 Å². The van der Waals surface area contributed by atoms with Crippen LogP contribution in [0.1, 0.15) is 12.7 Å². The topological polar surface area (TPSA) is 51.0 Å². The molecule has 0 aliphatic rings. The fourth-order valence-electron chi connectivity index (χ4n) is 0.624. The molecule has 0 saturated carbocycles. The molecule has 1 heterocycles. The van der Waals surface area contributed by atoms with E-state index in [1.807, 2.05) is 6.92 Å². The van der Waals surface area contributed by atoms with Gasteiger partial charge in [0.25, 0.3) is 0 Å². The van der Waals surface area contributed by atoms with E-state index in [1.54, 1.807) is 0 Å². The van der Waals surface area contributed by atoms with Crippen molar-refractivity contribution in [1.29, 1.82) is 0 Å². The highest BCUT2D eigenvalue weighted by molar-refractivity contribution is 5.17. The van der Waals surface area contributed by atoms with E-state index in [0.717, 1.165) is 6.42 Å². The van der Waals surface area contributed by atoms with Crippen LogP contribution in [0, 0.1) is 0 Å². The molecule has 1 N–H and O–H groups in total. The lowest BCUT2D eigenvalue weighted by Gasteiger charge is -1.91. The van der Waals surface area contributed by atoms with Gasteiger partial charge in [0.2, 0.25) is 0 Å². The Morgan fingerprint density at radius 1 is 1.64 bits per heavy atom. The molecule has 1 rings (SSSR count). The Balaban J connectivity index is 2.44. The summed E-state index contributed by atoms with van der Waals surface area (Å²) in [6, 6.07) is 0.291. The van der Waals surface area contributed by atoms with Crippen LogP contribution >= 0.6 is 0 Å². The molecule has 0 aliphatic carbocycles. The molecule has 0 saturated heterocycles. The van der Waals surface area contributed by atoms with Gasteiger partial charge < -0.3 is 9.84 Å². The zero-order valence-electron chi connectivity index (χ0n) is 6.30. The lowest BCUT2D eigenvalue weighted by atomic mass is 10.5. The largest absolute Gasteiger partial charge is 0.335 e. The zero-order chi connectivity index (χ0) is 8.10. The minimum Gasteiger partial charge on any atom is -0.335 e. The van der Waals surface area contributed by atoms with Gasteiger partial charge in [0.05, 0.1) is 0 Å². The molecule has 0 aromatic carbocycles. The molecule has 0 unspecified atom stereocenters. The van der Waals surface area contributed by atoms with E-state index >= 15 is 0 Å². The Bertz CT molecular complexity index is 213. The van der Waals surface area contributed by atoms with Crippen molar-refractivity contribution in [3.05, 3.63) is 5.82 Å². The number of aryl methyl sites for hydroxylation is 1. The highest BCUT2D eigenvalue weighted by Gasteiger charge is 2.01. The van der Waals surface area contributed by atoms with Gasteiger partial charge in [-0.15, -0.1) is 0 Å². The molecule has 0 amide bonds. The average Bonchev–Trinajstić information content (AvgIpc) is 2.48. The van der Waals surface area contributed by atoms with Crippen molar-refractivity contribution in [3.63, 3.8) is 0 Å². The van der Waals surface area contributed by atoms with Gasteiger partial charge in [-0.1, -0.05) is 12.1 Å². The Hall–Kier alpha value is -1.13. The minimum atomic E-state index is -0.441. The molecule has 0 atom stereocenters. The summed E-state index contributed by atoms with van der Waals surface area (Å²) in [7, 11) is 0. The summed E-state index contributed by atoms with van der Waals surface area (Å²) >= 11 is 0. The summed E-state index contributed by atoms with van der Waals surface area (Å²) in [5.41, 5.74) is 0. The summed E-state index contributed by atoms with van der Waals surface area (Å²) in [5, 5.41) is 6.25. The van der Waals surface area contributed by atoms with Gasteiger partial charge in [0, 0.05) is 13.0 Å². The normalized spacial score (nSPS) is 10.0. The first-order chi connectivity index (χ1) is 5.36. The molecule has 11 heavy (non-hydrogen) atoms. The van der Waals surface area contributed by atoms with Gasteiger partial charge in [-0.25, -0.2) is 4.39 Å². The second-order valence-corrected chi connectivity index (χ2v) is 1.99. The third kappa shape index (κ3) is 2.18. The molecule has 62 valence electrons. The van der Waals surface area contributed by atoms with Crippen LogP contribution in [-0.4, -0.2) is 23.4 Å². The van der Waals surface area contributed by atoms with E-state index in [4.69, 9.17) is 4.52 Å². The second kappa shape index (κ2) is 3.90. The molecular weight excluding hydrogens is 149 g/mol. The third-order valence-electron chi connectivity index (χ3n) is 1.16. The van der Waals surface area contributed by atoms with Gasteiger partial charge in [0.1, 0.15) is 6.67 Å². The summed E-state index contributed by atoms with van der Waals surface area (Å²) in [6.07, 6.45) is 0.723. The van der Waals surface area contributed by atoms with Crippen LogP contribution in [0.15, 0.2) is 4.52 Å². The molecule has 0 spiro atoms. The van der Waals surface area contributed by atoms with Crippen molar-refractivity contribution in [2.45, 2.75) is 13.3 Å². The Labute approximate surface area is 63.8 Å². The highest BCUT2D eigenvalue weighted by atomic mass is 19.1. The van der Waals surface area contributed by atoms with Crippen LogP contribution in [0.5, 0.6) is 0 Å². The van der Waals surface area contributed by atoms with Crippen LogP contribution in [0.3, 0.4) is 0 Å². The SMILES string of the molecule is CCc1noc(NCCF)n1. The molecule has 0 radical (unpaired) electrons. The Kier molecular flexibility index (Phi) is 2.83. The van der Waals surface area contributed by atoms with Crippen LogP contribution in [-0.2, 0) is 6.42 Å². The van der Waals surface area contributed by atoms with E-state index in [-0.39, 0.29) is 6.54 Å². The van der Waals surface area contributed by atoms with Crippen molar-refractivity contribution in [2.24, 2.45) is 0 Å². The number of halogens is 1. The lowest BCUT2D eigenvalue weighted by Crippen LogP contribution is -2.02. The van der Waals surface area contributed by atoms with E-state index in [2.05, 4.69) is 15.5 Å². The molecule has 1 aromatic rings. The fraction of sp³-hybridized carbons (Fsp3) is 0.667. The van der Waals surface area contributed by atoms with Crippen molar-refractivity contribution in [2.75, 3.05) is 18.5 Å². The van der Waals surface area contributed by atoms with Crippen molar-refractivity contribution < 1.29 is 8.91 Å². The van der Waals surface area contributed by atoms with Gasteiger partial charge in [-0.3, -0.25) is 0 Å². The standard InChI is InChI=1S/C6H10FN3O/c1-2-5-9-6(11-10-5)8-4-3-7/h2-4H2,1H3,(H,8,9,10). The Morgan fingerprint density at radius 3 is 3.00 bits per heavy atom. The Morgan fingerprint density at radius 2 is 2.45 bits per heavy atom. The molecule has 0 fully saturated rings. The summed E-state index contributed by atoms with van der Waals surface area (Å²) < 4.78 is 16.3. The van der Waals surface area contributed by atoms with Gasteiger partial charge in [-0.05, 0) is 0 Å². The van der Waals surface area contributed by atoms with Crippen LogP contribution < -0.4 is 5.32 Å².